The summed E-state index contributed by atoms with van der Waals surface area (Å²) in [5, 5.41) is 5.73. The summed E-state index contributed by atoms with van der Waals surface area (Å²) in [6.45, 7) is 2.44. The Kier molecular flexibility index (Phi) is 9.11. The molecular formula is C33H29N5O4. The number of nitrogens with one attached hydrogen (secondary N) is 2. The number of hydrogen-bond donors (Lipinski definition) is 2. The molecule has 2 amide bonds. The van der Waals surface area contributed by atoms with Gasteiger partial charge in [0.15, 0.2) is 22.9 Å². The molecule has 3 aromatic heterocycles. The minimum absolute atomic E-state index is 0.139. The van der Waals surface area contributed by atoms with E-state index >= 15 is 0 Å². The molecule has 2 N–H and O–H groups in total. The first-order chi connectivity index (χ1) is 20.6. The maximum Gasteiger partial charge on any atom is 0.279 e. The summed E-state index contributed by atoms with van der Waals surface area (Å²) in [7, 11) is 0. The van der Waals surface area contributed by atoms with E-state index in [4.69, 9.17) is 9.47 Å². The molecule has 1 atom stereocenters. The molecule has 0 radical (unpaired) electrons. The topological polar surface area (TPSA) is 115 Å². The lowest BCUT2D eigenvalue weighted by Crippen LogP contribution is -2.28. The highest BCUT2D eigenvalue weighted by atomic mass is 16.5. The highest BCUT2D eigenvalue weighted by Gasteiger charge is 2.19. The Bertz CT molecular complexity index is 1650. The van der Waals surface area contributed by atoms with Crippen molar-refractivity contribution >= 4 is 17.6 Å². The molecule has 0 fully saturated rings. The SMILES string of the molecule is CC(NC(=O)c1ncccc1OCc1ccccc1)c1ccnc(NC(=O)c2ncccc2OCc2ccccc2)c1. The zero-order valence-corrected chi connectivity index (χ0v) is 22.9. The van der Waals surface area contributed by atoms with Gasteiger partial charge in [-0.05, 0) is 60.0 Å². The van der Waals surface area contributed by atoms with Gasteiger partial charge in [-0.25, -0.2) is 15.0 Å². The maximum atomic E-state index is 13.1. The molecule has 9 heteroatoms. The number of anilines is 1. The van der Waals surface area contributed by atoms with Gasteiger partial charge in [-0.2, -0.15) is 0 Å². The predicted octanol–water partition coefficient (Wildman–Crippen LogP) is 5.77. The monoisotopic (exact) mass is 559 g/mol. The van der Waals surface area contributed by atoms with Gasteiger partial charge in [0.2, 0.25) is 0 Å². The van der Waals surface area contributed by atoms with Gasteiger partial charge < -0.3 is 20.1 Å². The molecule has 0 saturated heterocycles. The second kappa shape index (κ2) is 13.7. The van der Waals surface area contributed by atoms with Crippen molar-refractivity contribution in [2.45, 2.75) is 26.2 Å². The molecule has 1 unspecified atom stereocenters. The zero-order chi connectivity index (χ0) is 29.1. The summed E-state index contributed by atoms with van der Waals surface area (Å²) in [6.07, 6.45) is 4.64. The lowest BCUT2D eigenvalue weighted by molar-refractivity contribution is 0.0928. The van der Waals surface area contributed by atoms with Crippen LogP contribution in [0.25, 0.3) is 0 Å². The van der Waals surface area contributed by atoms with E-state index in [2.05, 4.69) is 25.6 Å². The third kappa shape index (κ3) is 7.33. The Balaban J connectivity index is 1.23. The Morgan fingerprint density at radius 2 is 1.21 bits per heavy atom. The van der Waals surface area contributed by atoms with E-state index in [1.54, 1.807) is 48.8 Å². The normalized spacial score (nSPS) is 11.3. The predicted molar refractivity (Wildman–Crippen MR) is 158 cm³/mol. The molecule has 3 heterocycles. The molecule has 5 rings (SSSR count). The fraction of sp³-hybridized carbons (Fsp3) is 0.121. The molecule has 210 valence electrons. The largest absolute Gasteiger partial charge is 0.486 e. The molecule has 0 saturated carbocycles. The van der Waals surface area contributed by atoms with Crippen molar-refractivity contribution in [1.29, 1.82) is 0 Å². The summed E-state index contributed by atoms with van der Waals surface area (Å²) < 4.78 is 11.8. The van der Waals surface area contributed by atoms with Crippen molar-refractivity contribution in [2.75, 3.05) is 5.32 Å². The Hall–Kier alpha value is -5.57. The third-order valence-electron chi connectivity index (χ3n) is 6.32. The van der Waals surface area contributed by atoms with E-state index in [1.165, 1.54) is 6.20 Å². The van der Waals surface area contributed by atoms with Gasteiger partial charge in [0.05, 0.1) is 6.04 Å². The number of benzene rings is 2. The second-order valence-corrected chi connectivity index (χ2v) is 9.37. The van der Waals surface area contributed by atoms with Gasteiger partial charge >= 0.3 is 0 Å². The highest BCUT2D eigenvalue weighted by Crippen LogP contribution is 2.22. The first-order valence-electron chi connectivity index (χ1n) is 13.4. The van der Waals surface area contributed by atoms with Crippen LogP contribution in [0.2, 0.25) is 0 Å². The lowest BCUT2D eigenvalue weighted by atomic mass is 10.1. The number of pyridine rings is 3. The van der Waals surface area contributed by atoms with Gasteiger partial charge in [0, 0.05) is 18.6 Å². The molecule has 9 nitrogen and oxygen atoms in total. The van der Waals surface area contributed by atoms with Crippen molar-refractivity contribution in [3.63, 3.8) is 0 Å². The van der Waals surface area contributed by atoms with Crippen molar-refractivity contribution in [1.82, 2.24) is 20.3 Å². The summed E-state index contributed by atoms with van der Waals surface area (Å²) in [5.74, 6) is 0.199. The summed E-state index contributed by atoms with van der Waals surface area (Å²) in [4.78, 5) is 39.0. The number of ether oxygens (including phenoxy) is 2. The number of hydrogen-bond acceptors (Lipinski definition) is 7. The Labute approximate surface area is 243 Å². The molecule has 5 aromatic rings. The number of carbonyl (C=O) groups is 2. The zero-order valence-electron chi connectivity index (χ0n) is 22.9. The molecule has 0 aliphatic heterocycles. The molecule has 42 heavy (non-hydrogen) atoms. The summed E-state index contributed by atoms with van der Waals surface area (Å²) in [5.41, 5.74) is 3.01. The van der Waals surface area contributed by atoms with E-state index in [-0.39, 0.29) is 17.3 Å². The summed E-state index contributed by atoms with van der Waals surface area (Å²) in [6, 6.07) is 29.2. The van der Waals surface area contributed by atoms with E-state index < -0.39 is 11.9 Å². The minimum Gasteiger partial charge on any atom is -0.486 e. The second-order valence-electron chi connectivity index (χ2n) is 9.37. The average Bonchev–Trinajstić information content (AvgIpc) is 3.04. The standard InChI is InChI=1S/C33H29N5O4/c1-23(37-32(39)30-27(14-8-17-35-30)41-21-24-10-4-2-5-11-24)26-16-19-34-29(20-26)38-33(40)31-28(15-9-18-36-31)42-22-25-12-6-3-7-13-25/h2-20,23H,21-22H2,1H3,(H,37,39)(H,34,38,40). The van der Waals surface area contributed by atoms with Crippen molar-refractivity contribution in [3.8, 4) is 11.5 Å². The van der Waals surface area contributed by atoms with Crippen LogP contribution in [0.1, 0.15) is 50.6 Å². The molecule has 2 aromatic carbocycles. The van der Waals surface area contributed by atoms with Crippen LogP contribution in [-0.4, -0.2) is 26.8 Å². The van der Waals surface area contributed by atoms with Gasteiger partial charge in [-0.3, -0.25) is 9.59 Å². The van der Waals surface area contributed by atoms with Crippen LogP contribution in [0, 0.1) is 0 Å². The van der Waals surface area contributed by atoms with Crippen LogP contribution < -0.4 is 20.1 Å². The van der Waals surface area contributed by atoms with Crippen LogP contribution in [0.15, 0.2) is 116 Å². The first-order valence-corrected chi connectivity index (χ1v) is 13.4. The van der Waals surface area contributed by atoms with Crippen LogP contribution in [0.4, 0.5) is 5.82 Å². The number of carbonyl (C=O) groups excluding carboxylic acids is 2. The van der Waals surface area contributed by atoms with Crippen molar-refractivity contribution in [3.05, 3.63) is 144 Å². The average molecular weight is 560 g/mol. The Morgan fingerprint density at radius 3 is 1.79 bits per heavy atom. The van der Waals surface area contributed by atoms with E-state index in [0.717, 1.165) is 16.7 Å². The van der Waals surface area contributed by atoms with E-state index in [9.17, 15) is 9.59 Å². The molecule has 0 aliphatic carbocycles. The van der Waals surface area contributed by atoms with Gasteiger partial charge in [-0.1, -0.05) is 60.7 Å². The number of aromatic nitrogens is 3. The quantitative estimate of drug-likeness (QED) is 0.211. The molecular weight excluding hydrogens is 530 g/mol. The maximum absolute atomic E-state index is 13.1. The van der Waals surface area contributed by atoms with Crippen LogP contribution in [-0.2, 0) is 13.2 Å². The number of rotatable bonds is 11. The summed E-state index contributed by atoms with van der Waals surface area (Å²) >= 11 is 0. The van der Waals surface area contributed by atoms with E-state index in [0.29, 0.717) is 30.5 Å². The smallest absolute Gasteiger partial charge is 0.279 e. The first kappa shape index (κ1) is 28.0. The fourth-order valence-electron chi connectivity index (χ4n) is 4.13. The van der Waals surface area contributed by atoms with Crippen LogP contribution >= 0.6 is 0 Å². The molecule has 0 aliphatic rings. The van der Waals surface area contributed by atoms with Crippen molar-refractivity contribution < 1.29 is 19.1 Å². The fourth-order valence-corrected chi connectivity index (χ4v) is 4.13. The van der Waals surface area contributed by atoms with Crippen molar-refractivity contribution in [2.24, 2.45) is 0 Å². The van der Waals surface area contributed by atoms with Crippen LogP contribution in [0.5, 0.6) is 11.5 Å². The van der Waals surface area contributed by atoms with Gasteiger partial charge in [-0.15, -0.1) is 0 Å². The lowest BCUT2D eigenvalue weighted by Gasteiger charge is -2.16. The van der Waals surface area contributed by atoms with Crippen LogP contribution in [0.3, 0.4) is 0 Å². The molecule has 0 spiro atoms. The minimum atomic E-state index is -0.464. The number of amides is 2. The Morgan fingerprint density at radius 1 is 0.667 bits per heavy atom. The third-order valence-corrected chi connectivity index (χ3v) is 6.32. The number of nitrogens with zero attached hydrogens (tertiary/aromatic N) is 3. The van der Waals surface area contributed by atoms with Gasteiger partial charge in [0.1, 0.15) is 19.0 Å². The van der Waals surface area contributed by atoms with Gasteiger partial charge in [0.25, 0.3) is 11.8 Å². The highest BCUT2D eigenvalue weighted by molar-refractivity contribution is 6.04. The molecule has 0 bridgehead atoms. The van der Waals surface area contributed by atoms with E-state index in [1.807, 2.05) is 67.6 Å².